The van der Waals surface area contributed by atoms with Crippen molar-refractivity contribution < 1.29 is 34.1 Å². The normalized spacial score (nSPS) is 10.7. The molecule has 0 aliphatic carbocycles. The lowest BCUT2D eigenvalue weighted by molar-refractivity contribution is -0.134. The van der Waals surface area contributed by atoms with Crippen molar-refractivity contribution in [1.82, 2.24) is 0 Å². The molecule has 1 amide bonds. The third-order valence-electron chi connectivity index (χ3n) is 5.94. The number of hydrogen-bond acceptors (Lipinski definition) is 7. The first kappa shape index (κ1) is 31.7. The molecule has 0 heterocycles. The van der Waals surface area contributed by atoms with Crippen LogP contribution < -0.4 is 25.8 Å². The monoisotopic (exact) mass is 584 g/mol. The number of benzene rings is 4. The number of amidine groups is 1. The molecule has 0 saturated carbocycles. The number of hydrogen-bond donors (Lipinski definition) is 6. The smallest absolute Gasteiger partial charge is 0.337 e. The first-order valence-electron chi connectivity index (χ1n) is 13.0. The molecule has 0 aromatic heterocycles. The molecule has 0 aliphatic heterocycles. The van der Waals surface area contributed by atoms with Crippen LogP contribution in [-0.2, 0) is 16.2 Å². The van der Waals surface area contributed by atoms with E-state index in [4.69, 9.17) is 30.5 Å². The quantitative estimate of drug-likeness (QED) is 0.103. The minimum absolute atomic E-state index is 0.0300. The van der Waals surface area contributed by atoms with E-state index in [9.17, 15) is 14.7 Å². The molecule has 0 radical (unpaired) electrons. The number of amides is 1. The van der Waals surface area contributed by atoms with E-state index in [1.807, 2.05) is 30.3 Å². The minimum atomic E-state index is -1.16. The van der Waals surface area contributed by atoms with Crippen LogP contribution in [0.15, 0.2) is 97.1 Å². The summed E-state index contributed by atoms with van der Waals surface area (Å²) in [5.74, 6) is -1.61. The number of ether oxygens (including phenoxy) is 2. The Labute approximate surface area is 248 Å². The standard InChI is InChI=1S/C30H28N4O5.C2H4O2/c1-38-26-17-21(13-16-25(26)39-18-19-7-3-2-4-8-19)27(33-22-14-11-20(12-15-22)28(31)32)29(35)34-24-10-6-5-9-23(24)30(36)37;1-2(3)4/h2-17,27,33H,18H2,1H3,(H3,31,32)(H,34,35)(H,36,37);1H3,(H,3,4). The van der Waals surface area contributed by atoms with Crippen molar-refractivity contribution in [2.24, 2.45) is 5.73 Å². The highest BCUT2D eigenvalue weighted by Crippen LogP contribution is 2.33. The number of rotatable bonds is 11. The molecule has 0 bridgehead atoms. The molecule has 11 heteroatoms. The van der Waals surface area contributed by atoms with Crippen molar-refractivity contribution in [3.8, 4) is 11.5 Å². The fraction of sp³-hybridized carbons (Fsp3) is 0.125. The van der Waals surface area contributed by atoms with Crippen LogP contribution in [0.2, 0.25) is 0 Å². The van der Waals surface area contributed by atoms with Crippen molar-refractivity contribution in [1.29, 1.82) is 5.41 Å². The van der Waals surface area contributed by atoms with Crippen molar-refractivity contribution in [3.63, 3.8) is 0 Å². The van der Waals surface area contributed by atoms with Gasteiger partial charge in [-0.15, -0.1) is 0 Å². The molecule has 0 aliphatic rings. The van der Waals surface area contributed by atoms with Crippen LogP contribution in [0.4, 0.5) is 11.4 Å². The molecule has 0 saturated heterocycles. The zero-order chi connectivity index (χ0) is 31.4. The number of carboxylic acid groups (broad SMARTS) is 2. The summed E-state index contributed by atoms with van der Waals surface area (Å²) in [5, 5.41) is 30.5. The highest BCUT2D eigenvalue weighted by molar-refractivity contribution is 6.03. The molecule has 7 N–H and O–H groups in total. The summed E-state index contributed by atoms with van der Waals surface area (Å²) in [5.41, 5.74) is 8.38. The molecule has 0 fully saturated rings. The Morgan fingerprint density at radius 3 is 2.12 bits per heavy atom. The van der Waals surface area contributed by atoms with E-state index in [1.54, 1.807) is 54.6 Å². The van der Waals surface area contributed by atoms with Crippen LogP contribution in [0.5, 0.6) is 11.5 Å². The molecule has 4 rings (SSSR count). The Balaban J connectivity index is 0.00000119. The summed E-state index contributed by atoms with van der Waals surface area (Å²) in [7, 11) is 1.51. The van der Waals surface area contributed by atoms with Crippen molar-refractivity contribution >= 4 is 35.1 Å². The van der Waals surface area contributed by atoms with E-state index in [2.05, 4.69) is 10.6 Å². The topological polar surface area (TPSA) is 184 Å². The molecular formula is C32H32N4O7. The second kappa shape index (κ2) is 15.2. The molecule has 1 atom stereocenters. The van der Waals surface area contributed by atoms with E-state index in [0.29, 0.717) is 34.9 Å². The van der Waals surface area contributed by atoms with E-state index in [-0.39, 0.29) is 17.1 Å². The van der Waals surface area contributed by atoms with Crippen LogP contribution in [0.3, 0.4) is 0 Å². The second-order valence-corrected chi connectivity index (χ2v) is 9.11. The predicted molar refractivity (Wildman–Crippen MR) is 163 cm³/mol. The highest BCUT2D eigenvalue weighted by atomic mass is 16.5. The Hall–Kier alpha value is -5.84. The number of carboxylic acids is 2. The van der Waals surface area contributed by atoms with E-state index in [0.717, 1.165) is 12.5 Å². The third-order valence-corrected chi connectivity index (χ3v) is 5.94. The fourth-order valence-electron chi connectivity index (χ4n) is 3.91. The van der Waals surface area contributed by atoms with Crippen LogP contribution in [0, 0.1) is 5.41 Å². The summed E-state index contributed by atoms with van der Waals surface area (Å²) in [4.78, 5) is 34.3. The van der Waals surface area contributed by atoms with Gasteiger partial charge in [-0.25, -0.2) is 4.79 Å². The first-order chi connectivity index (χ1) is 20.6. The number of carbonyl (C=O) groups excluding carboxylic acids is 1. The SMILES string of the molecule is CC(=O)O.COc1cc(C(Nc2ccc(C(=N)N)cc2)C(=O)Nc2ccccc2C(=O)O)ccc1OCc1ccccc1. The third kappa shape index (κ3) is 9.35. The highest BCUT2D eigenvalue weighted by Gasteiger charge is 2.24. The number of anilines is 2. The van der Waals surface area contributed by atoms with Gasteiger partial charge in [-0.1, -0.05) is 48.5 Å². The lowest BCUT2D eigenvalue weighted by atomic mass is 10.0. The fourth-order valence-corrected chi connectivity index (χ4v) is 3.91. The zero-order valence-electron chi connectivity index (χ0n) is 23.5. The van der Waals surface area contributed by atoms with Crippen LogP contribution in [-0.4, -0.2) is 41.0 Å². The molecule has 11 nitrogen and oxygen atoms in total. The van der Waals surface area contributed by atoms with Gasteiger partial charge in [0.05, 0.1) is 18.4 Å². The van der Waals surface area contributed by atoms with Gasteiger partial charge < -0.3 is 36.1 Å². The number of carbonyl (C=O) groups is 3. The summed E-state index contributed by atoms with van der Waals surface area (Å²) in [6, 6.07) is 26.9. The number of aromatic carboxylic acids is 1. The minimum Gasteiger partial charge on any atom is -0.493 e. The zero-order valence-corrected chi connectivity index (χ0v) is 23.5. The summed E-state index contributed by atoms with van der Waals surface area (Å²) < 4.78 is 11.5. The number of para-hydroxylation sites is 1. The van der Waals surface area contributed by atoms with Gasteiger partial charge in [0.25, 0.3) is 11.9 Å². The van der Waals surface area contributed by atoms with Crippen LogP contribution in [0.1, 0.15) is 40.0 Å². The molecule has 4 aromatic carbocycles. The Morgan fingerprint density at radius 1 is 0.884 bits per heavy atom. The largest absolute Gasteiger partial charge is 0.493 e. The molecular weight excluding hydrogens is 552 g/mol. The van der Waals surface area contributed by atoms with Crippen LogP contribution in [0.25, 0.3) is 0 Å². The maximum Gasteiger partial charge on any atom is 0.337 e. The van der Waals surface area contributed by atoms with Gasteiger partial charge in [0.2, 0.25) is 0 Å². The van der Waals surface area contributed by atoms with Gasteiger partial charge in [-0.2, -0.15) is 0 Å². The van der Waals surface area contributed by atoms with Gasteiger partial charge in [0.1, 0.15) is 18.5 Å². The first-order valence-corrected chi connectivity index (χ1v) is 13.0. The molecule has 222 valence electrons. The van der Waals surface area contributed by atoms with Gasteiger partial charge in [-0.05, 0) is 59.7 Å². The average molecular weight is 585 g/mol. The maximum atomic E-state index is 13.6. The lowest BCUT2D eigenvalue weighted by Gasteiger charge is -2.22. The summed E-state index contributed by atoms with van der Waals surface area (Å²) >= 11 is 0. The van der Waals surface area contributed by atoms with Gasteiger partial charge in [0, 0.05) is 18.2 Å². The maximum absolute atomic E-state index is 13.6. The molecule has 0 spiro atoms. The number of nitrogens with one attached hydrogen (secondary N) is 3. The Morgan fingerprint density at radius 2 is 1.51 bits per heavy atom. The van der Waals surface area contributed by atoms with Crippen molar-refractivity contribution in [2.45, 2.75) is 19.6 Å². The predicted octanol–water partition coefficient (Wildman–Crippen LogP) is 5.14. The number of nitrogen functional groups attached to an aromatic ring is 1. The number of methoxy groups -OCH3 is 1. The van der Waals surface area contributed by atoms with Crippen molar-refractivity contribution in [3.05, 3.63) is 119 Å². The van der Waals surface area contributed by atoms with E-state index in [1.165, 1.54) is 19.2 Å². The summed E-state index contributed by atoms with van der Waals surface area (Å²) in [6.07, 6.45) is 0. The van der Waals surface area contributed by atoms with Gasteiger partial charge >= 0.3 is 5.97 Å². The molecule has 43 heavy (non-hydrogen) atoms. The van der Waals surface area contributed by atoms with E-state index < -0.39 is 23.9 Å². The summed E-state index contributed by atoms with van der Waals surface area (Å²) in [6.45, 7) is 1.42. The lowest BCUT2D eigenvalue weighted by Crippen LogP contribution is -2.28. The van der Waals surface area contributed by atoms with Crippen molar-refractivity contribution in [2.75, 3.05) is 17.7 Å². The number of aliphatic carboxylic acids is 1. The Bertz CT molecular complexity index is 1570. The van der Waals surface area contributed by atoms with Gasteiger partial charge in [0.15, 0.2) is 11.5 Å². The average Bonchev–Trinajstić information content (AvgIpc) is 2.99. The van der Waals surface area contributed by atoms with Crippen LogP contribution >= 0.6 is 0 Å². The van der Waals surface area contributed by atoms with E-state index >= 15 is 0 Å². The Kier molecular flexibility index (Phi) is 11.2. The van der Waals surface area contributed by atoms with Gasteiger partial charge in [-0.3, -0.25) is 15.0 Å². The second-order valence-electron chi connectivity index (χ2n) is 9.11. The number of nitrogens with two attached hydrogens (primary N) is 1. The molecule has 1 unspecified atom stereocenters. The molecule has 4 aromatic rings.